The molecule has 27 heavy (non-hydrogen) atoms. The monoisotopic (exact) mass is 421 g/mol. The van der Waals surface area contributed by atoms with Gasteiger partial charge in [-0.05, 0) is 29.1 Å². The van der Waals surface area contributed by atoms with Gasteiger partial charge in [0.1, 0.15) is 9.77 Å². The molecule has 2 aliphatic heterocycles. The first-order chi connectivity index (χ1) is 13.0. The summed E-state index contributed by atoms with van der Waals surface area (Å²) in [5.74, 6) is -0.672. The summed E-state index contributed by atoms with van der Waals surface area (Å²) in [6.45, 7) is 1.65. The molecule has 0 atom stereocenters. The molecule has 140 valence electrons. The Bertz CT molecular complexity index is 1060. The first-order valence-electron chi connectivity index (χ1n) is 7.97. The summed E-state index contributed by atoms with van der Waals surface area (Å²) in [7, 11) is -2.67. The standard InChI is InChI=1S/C17H15N3O4S3/c1-24-16(21)15-14(6-9-25-15)27(22,23)19-12-4-2-11(3-5-12)13-10-26-17-18-7-8-20(13)17/h2-6,9-10,19H,7-8H2,1H3. The highest BCUT2D eigenvalue weighted by Gasteiger charge is 2.27. The summed E-state index contributed by atoms with van der Waals surface area (Å²) in [6.07, 6.45) is 0. The lowest BCUT2D eigenvalue weighted by Crippen LogP contribution is -2.20. The number of nitrogens with one attached hydrogen (secondary N) is 1. The summed E-state index contributed by atoms with van der Waals surface area (Å²) in [6, 6.07) is 8.52. The van der Waals surface area contributed by atoms with E-state index in [2.05, 4.69) is 19.4 Å². The quantitative estimate of drug-likeness (QED) is 0.747. The van der Waals surface area contributed by atoms with Gasteiger partial charge in [0.05, 0.1) is 19.4 Å². The number of amidine groups is 1. The lowest BCUT2D eigenvalue weighted by atomic mass is 10.1. The number of aliphatic imine (C=N–C) groups is 1. The molecule has 0 aliphatic carbocycles. The normalized spacial score (nSPS) is 16.0. The molecule has 0 saturated heterocycles. The van der Waals surface area contributed by atoms with Crippen molar-refractivity contribution in [1.29, 1.82) is 0 Å². The van der Waals surface area contributed by atoms with Crippen molar-refractivity contribution in [3.8, 4) is 0 Å². The zero-order valence-electron chi connectivity index (χ0n) is 14.2. The maximum atomic E-state index is 12.6. The number of thiophene rings is 1. The predicted molar refractivity (Wildman–Crippen MR) is 107 cm³/mol. The summed E-state index contributed by atoms with van der Waals surface area (Å²) >= 11 is 2.62. The largest absolute Gasteiger partial charge is 0.465 e. The fourth-order valence-electron chi connectivity index (χ4n) is 2.82. The van der Waals surface area contributed by atoms with Crippen LogP contribution in [0.3, 0.4) is 0 Å². The molecule has 4 rings (SSSR count). The summed E-state index contributed by atoms with van der Waals surface area (Å²) in [5, 5.41) is 4.59. The van der Waals surface area contributed by atoms with Crippen LogP contribution in [0.4, 0.5) is 5.69 Å². The average Bonchev–Trinajstić information content (AvgIpc) is 3.38. The van der Waals surface area contributed by atoms with E-state index < -0.39 is 16.0 Å². The molecular weight excluding hydrogens is 406 g/mol. The molecule has 3 heterocycles. The number of benzene rings is 1. The zero-order chi connectivity index (χ0) is 19.0. The Morgan fingerprint density at radius 1 is 1.26 bits per heavy atom. The molecule has 0 radical (unpaired) electrons. The van der Waals surface area contributed by atoms with Crippen molar-refractivity contribution < 1.29 is 17.9 Å². The molecule has 7 nitrogen and oxygen atoms in total. The molecule has 0 fully saturated rings. The van der Waals surface area contributed by atoms with Gasteiger partial charge in [-0.1, -0.05) is 23.9 Å². The SMILES string of the molecule is COC(=O)c1sccc1S(=O)(=O)Nc1ccc(C2=CSC3=NCCN23)cc1. The average molecular weight is 422 g/mol. The number of anilines is 1. The van der Waals surface area contributed by atoms with Gasteiger partial charge < -0.3 is 9.64 Å². The van der Waals surface area contributed by atoms with Crippen molar-refractivity contribution in [3.05, 3.63) is 51.6 Å². The summed E-state index contributed by atoms with van der Waals surface area (Å²) in [4.78, 5) is 18.3. The number of hydrogen-bond donors (Lipinski definition) is 1. The highest BCUT2D eigenvalue weighted by atomic mass is 32.2. The number of sulfonamides is 1. The Kier molecular flexibility index (Phi) is 4.70. The van der Waals surface area contributed by atoms with E-state index >= 15 is 0 Å². The van der Waals surface area contributed by atoms with E-state index in [0.29, 0.717) is 5.69 Å². The molecule has 0 saturated carbocycles. The van der Waals surface area contributed by atoms with Crippen LogP contribution in [-0.4, -0.2) is 44.7 Å². The number of ether oxygens (including phenoxy) is 1. The number of methoxy groups -OCH3 is 1. The van der Waals surface area contributed by atoms with Crippen molar-refractivity contribution in [2.75, 3.05) is 24.9 Å². The Balaban J connectivity index is 1.54. The van der Waals surface area contributed by atoms with Gasteiger partial charge in [0.25, 0.3) is 10.0 Å². The molecule has 10 heteroatoms. The van der Waals surface area contributed by atoms with Gasteiger partial charge in [-0.25, -0.2) is 13.2 Å². The lowest BCUT2D eigenvalue weighted by Gasteiger charge is -2.17. The van der Waals surface area contributed by atoms with E-state index in [9.17, 15) is 13.2 Å². The second-order valence-electron chi connectivity index (χ2n) is 5.73. The van der Waals surface area contributed by atoms with Gasteiger partial charge in [-0.2, -0.15) is 0 Å². The van der Waals surface area contributed by atoms with Crippen molar-refractivity contribution >= 4 is 55.6 Å². The number of carbonyl (C=O) groups is 1. The van der Waals surface area contributed by atoms with Crippen LogP contribution in [-0.2, 0) is 14.8 Å². The topological polar surface area (TPSA) is 88.1 Å². The smallest absolute Gasteiger partial charge is 0.349 e. The molecule has 1 aromatic carbocycles. The van der Waals surface area contributed by atoms with Crippen LogP contribution in [0.2, 0.25) is 0 Å². The van der Waals surface area contributed by atoms with Crippen molar-refractivity contribution in [2.45, 2.75) is 4.90 Å². The molecule has 0 bridgehead atoms. The van der Waals surface area contributed by atoms with Gasteiger partial charge in [0.2, 0.25) is 0 Å². The molecule has 2 aromatic rings. The van der Waals surface area contributed by atoms with Crippen LogP contribution in [0, 0.1) is 0 Å². The van der Waals surface area contributed by atoms with Crippen LogP contribution in [0.1, 0.15) is 15.2 Å². The maximum absolute atomic E-state index is 12.6. The van der Waals surface area contributed by atoms with Crippen molar-refractivity contribution in [2.24, 2.45) is 4.99 Å². The van der Waals surface area contributed by atoms with Gasteiger partial charge in [0.15, 0.2) is 5.17 Å². The van der Waals surface area contributed by atoms with Crippen LogP contribution < -0.4 is 4.72 Å². The Hall–Kier alpha value is -2.30. The third kappa shape index (κ3) is 3.35. The number of fused-ring (bicyclic) bond motifs is 1. The maximum Gasteiger partial charge on any atom is 0.349 e. The van der Waals surface area contributed by atoms with E-state index in [1.54, 1.807) is 29.3 Å². The van der Waals surface area contributed by atoms with Crippen molar-refractivity contribution in [1.82, 2.24) is 4.90 Å². The predicted octanol–water partition coefficient (Wildman–Crippen LogP) is 3.05. The Labute approximate surface area is 164 Å². The number of esters is 1. The molecule has 0 amide bonds. The summed E-state index contributed by atoms with van der Waals surface area (Å²) in [5.41, 5.74) is 2.47. The van der Waals surface area contributed by atoms with Crippen LogP contribution in [0.25, 0.3) is 5.70 Å². The Morgan fingerprint density at radius 3 is 2.78 bits per heavy atom. The van der Waals surface area contributed by atoms with E-state index in [-0.39, 0.29) is 9.77 Å². The number of rotatable bonds is 5. The fraction of sp³-hybridized carbons (Fsp3) is 0.176. The first kappa shape index (κ1) is 18.1. The van der Waals surface area contributed by atoms with E-state index in [1.807, 2.05) is 17.5 Å². The number of nitrogens with zero attached hydrogens (tertiary/aromatic N) is 2. The molecule has 0 unspecified atom stereocenters. The van der Waals surface area contributed by atoms with E-state index in [4.69, 9.17) is 0 Å². The van der Waals surface area contributed by atoms with Gasteiger partial charge in [-0.3, -0.25) is 9.71 Å². The third-order valence-electron chi connectivity index (χ3n) is 4.09. The summed E-state index contributed by atoms with van der Waals surface area (Å²) < 4.78 is 32.4. The van der Waals surface area contributed by atoms with Gasteiger partial charge in [0, 0.05) is 17.6 Å². The zero-order valence-corrected chi connectivity index (χ0v) is 16.7. The van der Waals surface area contributed by atoms with Crippen LogP contribution in [0.5, 0.6) is 0 Å². The highest BCUT2D eigenvalue weighted by molar-refractivity contribution is 8.16. The minimum Gasteiger partial charge on any atom is -0.465 e. The second kappa shape index (κ2) is 7.02. The number of thioether (sulfide) groups is 1. The minimum absolute atomic E-state index is 0.0515. The van der Waals surface area contributed by atoms with E-state index in [1.165, 1.54) is 13.2 Å². The third-order valence-corrected chi connectivity index (χ3v) is 7.44. The van der Waals surface area contributed by atoms with Gasteiger partial charge >= 0.3 is 5.97 Å². The molecule has 2 aliphatic rings. The molecule has 1 aromatic heterocycles. The fourth-order valence-corrected chi connectivity index (χ4v) is 6.17. The van der Waals surface area contributed by atoms with Crippen molar-refractivity contribution in [3.63, 3.8) is 0 Å². The highest BCUT2D eigenvalue weighted by Crippen LogP contribution is 2.35. The van der Waals surface area contributed by atoms with Crippen LogP contribution in [0.15, 0.2) is 51.0 Å². The number of hydrogen-bond acceptors (Lipinski definition) is 8. The second-order valence-corrected chi connectivity index (χ2v) is 9.13. The first-order valence-corrected chi connectivity index (χ1v) is 11.2. The number of carbonyl (C=O) groups excluding carboxylic acids is 1. The molecular formula is C17H15N3O4S3. The van der Waals surface area contributed by atoms with Gasteiger partial charge in [-0.15, -0.1) is 11.3 Å². The van der Waals surface area contributed by atoms with E-state index in [0.717, 1.165) is 40.9 Å². The Morgan fingerprint density at radius 2 is 2.04 bits per heavy atom. The lowest BCUT2D eigenvalue weighted by molar-refractivity contribution is 0.0602. The minimum atomic E-state index is -3.89. The molecule has 0 spiro atoms. The molecule has 1 N–H and O–H groups in total. The van der Waals surface area contributed by atoms with Crippen LogP contribution >= 0.6 is 23.1 Å².